The molecule has 8 heteroatoms. The van der Waals surface area contributed by atoms with Gasteiger partial charge < -0.3 is 24.6 Å². The van der Waals surface area contributed by atoms with Crippen molar-refractivity contribution in [1.82, 2.24) is 10.2 Å². The summed E-state index contributed by atoms with van der Waals surface area (Å²) in [5.74, 6) is 0.712. The normalized spacial score (nSPS) is 36.5. The number of likely N-dealkylation sites (N-methyl/N-ethyl adjacent to an activating group) is 1. The Bertz CT molecular complexity index is 897. The highest BCUT2D eigenvalue weighted by molar-refractivity contribution is 7.98. The highest BCUT2D eigenvalue weighted by Crippen LogP contribution is 2.66. The second kappa shape index (κ2) is 7.54. The van der Waals surface area contributed by atoms with E-state index in [1.807, 2.05) is 19.4 Å². The van der Waals surface area contributed by atoms with Gasteiger partial charge in [-0.2, -0.15) is 11.8 Å². The molecule has 31 heavy (non-hydrogen) atoms. The second-order valence-electron chi connectivity index (χ2n) is 9.49. The number of thioether (sulfide) groups is 1. The number of benzene rings is 1. The second-order valence-corrected chi connectivity index (χ2v) is 10.5. The van der Waals surface area contributed by atoms with Crippen molar-refractivity contribution in [2.45, 2.75) is 67.3 Å². The summed E-state index contributed by atoms with van der Waals surface area (Å²) in [5, 5.41) is 24.0. The number of methoxy groups -OCH3 is 1. The number of nitrogens with zero attached hydrogens (tertiary/aromatic N) is 1. The minimum atomic E-state index is -0.820. The number of aromatic hydroxyl groups is 1. The number of piperidine rings is 1. The Labute approximate surface area is 187 Å². The maximum absolute atomic E-state index is 12.0. The van der Waals surface area contributed by atoms with Crippen molar-refractivity contribution in [2.24, 2.45) is 0 Å². The molecule has 2 fully saturated rings. The summed E-state index contributed by atoms with van der Waals surface area (Å²) in [5.41, 5.74) is 1.52. The lowest BCUT2D eigenvalue weighted by Crippen LogP contribution is -2.78. The van der Waals surface area contributed by atoms with Gasteiger partial charge in [-0.25, -0.2) is 0 Å². The van der Waals surface area contributed by atoms with Gasteiger partial charge in [-0.05, 0) is 69.3 Å². The monoisotopic (exact) mass is 448 g/mol. The van der Waals surface area contributed by atoms with Crippen LogP contribution in [0.25, 0.3) is 0 Å². The standard InChI is InChI=1S/C23H32N2O5S/c1-25-10-9-22-18-13-4-5-16(26)19(18)30-20(22)14(24-15(21(27)28)7-11-31-3)6-8-23(22,29-2)17(25)12-13/h4-5,14-15,17,20,24,26H,6-12H2,1-3H3,(H,27,28)/t14-,15-,17?,20-,22?,23+/m0/s1. The molecule has 1 aromatic rings. The topological polar surface area (TPSA) is 91.3 Å². The third kappa shape index (κ3) is 2.74. The first-order chi connectivity index (χ1) is 14.9. The molecule has 2 heterocycles. The van der Waals surface area contributed by atoms with E-state index in [0.29, 0.717) is 12.2 Å². The van der Waals surface area contributed by atoms with Crippen molar-refractivity contribution >= 4 is 17.7 Å². The van der Waals surface area contributed by atoms with E-state index < -0.39 is 17.6 Å². The lowest BCUT2D eigenvalue weighted by molar-refractivity contribution is -0.204. The van der Waals surface area contributed by atoms with E-state index in [0.717, 1.165) is 43.5 Å². The van der Waals surface area contributed by atoms with Crippen LogP contribution in [0, 0.1) is 0 Å². The maximum atomic E-state index is 12.0. The number of carboxylic acids is 1. The summed E-state index contributed by atoms with van der Waals surface area (Å²) in [4.78, 5) is 14.4. The van der Waals surface area contributed by atoms with E-state index in [1.54, 1.807) is 17.8 Å². The average molecular weight is 449 g/mol. The van der Waals surface area contributed by atoms with Crippen molar-refractivity contribution in [3.8, 4) is 11.5 Å². The Morgan fingerprint density at radius 1 is 1.45 bits per heavy atom. The molecule has 170 valence electrons. The van der Waals surface area contributed by atoms with Crippen molar-refractivity contribution in [1.29, 1.82) is 0 Å². The zero-order valence-electron chi connectivity index (χ0n) is 18.4. The fraction of sp³-hybridized carbons (Fsp3) is 0.696. The Hall–Kier alpha value is -1.48. The number of ether oxygens (including phenoxy) is 2. The fourth-order valence-corrected chi connectivity index (χ4v) is 7.55. The molecule has 1 aromatic carbocycles. The average Bonchev–Trinajstić information content (AvgIpc) is 3.11. The molecule has 2 aliphatic carbocycles. The molecule has 2 aliphatic heterocycles. The molecule has 0 amide bonds. The number of phenols is 1. The smallest absolute Gasteiger partial charge is 0.320 e. The first-order valence-corrected chi connectivity index (χ1v) is 12.5. The summed E-state index contributed by atoms with van der Waals surface area (Å²) in [7, 11) is 3.98. The minimum absolute atomic E-state index is 0.118. The van der Waals surface area contributed by atoms with Gasteiger partial charge in [-0.15, -0.1) is 0 Å². The lowest BCUT2D eigenvalue weighted by atomic mass is 9.48. The van der Waals surface area contributed by atoms with Crippen LogP contribution >= 0.6 is 11.8 Å². The van der Waals surface area contributed by atoms with Crippen LogP contribution in [0.4, 0.5) is 0 Å². The predicted molar refractivity (Wildman–Crippen MR) is 119 cm³/mol. The molecule has 1 saturated heterocycles. The molecule has 6 atom stereocenters. The van der Waals surface area contributed by atoms with Crippen molar-refractivity contribution in [2.75, 3.05) is 32.7 Å². The lowest BCUT2D eigenvalue weighted by Gasteiger charge is -2.65. The largest absolute Gasteiger partial charge is 0.504 e. The van der Waals surface area contributed by atoms with Gasteiger partial charge in [0.15, 0.2) is 11.5 Å². The first kappa shape index (κ1) is 21.4. The van der Waals surface area contributed by atoms with Gasteiger partial charge in [0.05, 0.1) is 11.0 Å². The molecule has 4 aliphatic rings. The molecule has 5 rings (SSSR count). The zero-order valence-corrected chi connectivity index (χ0v) is 19.2. The van der Waals surface area contributed by atoms with Gasteiger partial charge in [0.2, 0.25) is 0 Å². The van der Waals surface area contributed by atoms with E-state index in [4.69, 9.17) is 9.47 Å². The highest BCUT2D eigenvalue weighted by atomic mass is 32.2. The summed E-state index contributed by atoms with van der Waals surface area (Å²) >= 11 is 1.66. The summed E-state index contributed by atoms with van der Waals surface area (Å²) in [6.07, 6.45) is 5.63. The third-order valence-corrected chi connectivity index (χ3v) is 9.02. The van der Waals surface area contributed by atoms with Gasteiger partial charge in [-0.1, -0.05) is 6.07 Å². The van der Waals surface area contributed by atoms with Gasteiger partial charge >= 0.3 is 5.97 Å². The maximum Gasteiger partial charge on any atom is 0.320 e. The highest BCUT2D eigenvalue weighted by Gasteiger charge is 2.73. The van der Waals surface area contributed by atoms with E-state index in [-0.39, 0.29) is 29.4 Å². The Balaban J connectivity index is 1.61. The van der Waals surface area contributed by atoms with Gasteiger partial charge in [0, 0.05) is 24.8 Å². The number of rotatable bonds is 7. The Kier molecular flexibility index (Phi) is 5.20. The molecule has 1 saturated carbocycles. The number of phenolic OH excluding ortho intramolecular Hbond substituents is 1. The number of nitrogens with one attached hydrogen (secondary N) is 1. The van der Waals surface area contributed by atoms with Crippen LogP contribution in [0.3, 0.4) is 0 Å². The quantitative estimate of drug-likeness (QED) is 0.584. The van der Waals surface area contributed by atoms with E-state index >= 15 is 0 Å². The Morgan fingerprint density at radius 2 is 2.26 bits per heavy atom. The third-order valence-electron chi connectivity index (χ3n) is 8.38. The number of carboxylic acid groups (broad SMARTS) is 1. The molecular weight excluding hydrogens is 416 g/mol. The number of hydrogen-bond acceptors (Lipinski definition) is 7. The van der Waals surface area contributed by atoms with Crippen LogP contribution in [0.1, 0.15) is 36.8 Å². The van der Waals surface area contributed by atoms with Crippen molar-refractivity contribution in [3.05, 3.63) is 23.3 Å². The van der Waals surface area contributed by atoms with Crippen LogP contribution in [0.15, 0.2) is 12.1 Å². The number of carbonyl (C=O) groups is 1. The number of hydrogen-bond donors (Lipinski definition) is 3. The van der Waals surface area contributed by atoms with Gasteiger partial charge in [0.25, 0.3) is 0 Å². The van der Waals surface area contributed by atoms with E-state index in [9.17, 15) is 15.0 Å². The zero-order chi connectivity index (χ0) is 22.0. The van der Waals surface area contributed by atoms with Crippen LogP contribution in [0.5, 0.6) is 11.5 Å². The summed E-state index contributed by atoms with van der Waals surface area (Å²) in [6.45, 7) is 0.922. The fourth-order valence-electron chi connectivity index (χ4n) is 7.08. The molecule has 7 nitrogen and oxygen atoms in total. The Morgan fingerprint density at radius 3 is 2.97 bits per heavy atom. The molecule has 0 aromatic heterocycles. The summed E-state index contributed by atoms with van der Waals surface area (Å²) in [6, 6.07) is 3.26. The minimum Gasteiger partial charge on any atom is -0.504 e. The number of likely N-dealkylation sites (tertiary alicyclic amines) is 1. The SMILES string of the molecule is CO[C@@]12CC[C@H](N[C@@H](CCSC)C(=O)O)[C@@H]3Oc4c(O)ccc5c4C31CCN(C)C2C5. The molecule has 2 bridgehead atoms. The van der Waals surface area contributed by atoms with E-state index in [1.165, 1.54) is 5.56 Å². The van der Waals surface area contributed by atoms with Crippen LogP contribution in [-0.2, 0) is 21.4 Å². The summed E-state index contributed by atoms with van der Waals surface area (Å²) < 4.78 is 13.0. The van der Waals surface area contributed by atoms with Crippen LogP contribution in [-0.4, -0.2) is 83.6 Å². The predicted octanol–water partition coefficient (Wildman–Crippen LogP) is 1.99. The molecule has 3 N–H and O–H groups in total. The number of aliphatic carboxylic acids is 1. The van der Waals surface area contributed by atoms with Crippen LogP contribution < -0.4 is 10.1 Å². The van der Waals surface area contributed by atoms with Gasteiger partial charge in [0.1, 0.15) is 12.1 Å². The molecular formula is C23H32N2O5S. The molecule has 2 unspecified atom stereocenters. The van der Waals surface area contributed by atoms with Crippen LogP contribution in [0.2, 0.25) is 0 Å². The first-order valence-electron chi connectivity index (χ1n) is 11.1. The van der Waals surface area contributed by atoms with Gasteiger partial charge in [-0.3, -0.25) is 10.1 Å². The molecule has 1 spiro atoms. The van der Waals surface area contributed by atoms with Crippen molar-refractivity contribution in [3.63, 3.8) is 0 Å². The van der Waals surface area contributed by atoms with E-state index in [2.05, 4.69) is 17.3 Å². The molecule has 0 radical (unpaired) electrons. The van der Waals surface area contributed by atoms with Crippen molar-refractivity contribution < 1.29 is 24.5 Å².